The molecule has 0 fully saturated rings. The van der Waals surface area contributed by atoms with Crippen molar-refractivity contribution in [2.24, 2.45) is 5.73 Å². The summed E-state index contributed by atoms with van der Waals surface area (Å²) in [6.45, 7) is 0. The van der Waals surface area contributed by atoms with Crippen molar-refractivity contribution >= 4 is 23.7 Å². The molecule has 2 aromatic rings. The third kappa shape index (κ3) is 4.14. The molecule has 1 atom stereocenters. The maximum atomic E-state index is 13.3. The van der Waals surface area contributed by atoms with Crippen LogP contribution < -0.4 is 10.5 Å². The van der Waals surface area contributed by atoms with Crippen molar-refractivity contribution in [3.05, 3.63) is 51.2 Å². The average Bonchev–Trinajstić information content (AvgIpc) is 2.97. The lowest BCUT2D eigenvalue weighted by atomic mass is 9.93. The van der Waals surface area contributed by atoms with Crippen LogP contribution >= 0.6 is 23.7 Å². The summed E-state index contributed by atoms with van der Waals surface area (Å²) in [4.78, 5) is 0. The van der Waals surface area contributed by atoms with Crippen LogP contribution in [0.25, 0.3) is 0 Å². The van der Waals surface area contributed by atoms with Crippen molar-refractivity contribution in [1.82, 2.24) is 0 Å². The average molecular weight is 392 g/mol. The molecule has 2 rings (SSSR count). The van der Waals surface area contributed by atoms with E-state index in [-0.39, 0.29) is 18.5 Å². The number of hydrogen-bond donors (Lipinski definition) is 1. The Morgan fingerprint density at radius 2 is 1.71 bits per heavy atom. The zero-order chi connectivity index (χ0) is 17.4. The Morgan fingerprint density at radius 3 is 2.12 bits per heavy atom. The molecule has 0 unspecified atom stereocenters. The molecule has 1 aromatic carbocycles. The smallest absolute Gasteiger partial charge is 0.416 e. The Balaban J connectivity index is 0.00000288. The van der Waals surface area contributed by atoms with Crippen LogP contribution in [-0.4, -0.2) is 7.11 Å². The van der Waals surface area contributed by atoms with Crippen LogP contribution in [0.4, 0.5) is 26.3 Å². The van der Waals surface area contributed by atoms with Crippen LogP contribution in [0.3, 0.4) is 0 Å². The molecule has 0 bridgehead atoms. The summed E-state index contributed by atoms with van der Waals surface area (Å²) < 4.78 is 83.0. The van der Waals surface area contributed by atoms with Gasteiger partial charge in [0, 0.05) is 5.56 Å². The number of thiophene rings is 1. The quantitative estimate of drug-likeness (QED) is 0.724. The van der Waals surface area contributed by atoms with Gasteiger partial charge in [0.25, 0.3) is 0 Å². The molecule has 1 heterocycles. The largest absolute Gasteiger partial charge is 0.496 e. The minimum Gasteiger partial charge on any atom is -0.496 e. The highest BCUT2D eigenvalue weighted by atomic mass is 35.5. The fourth-order valence-corrected chi connectivity index (χ4v) is 2.83. The number of alkyl halides is 6. The first-order valence-corrected chi connectivity index (χ1v) is 7.14. The summed E-state index contributed by atoms with van der Waals surface area (Å²) in [7, 11) is 0.999. The summed E-state index contributed by atoms with van der Waals surface area (Å²) in [6, 6.07) is 0.836. The molecule has 0 aliphatic heterocycles. The van der Waals surface area contributed by atoms with Gasteiger partial charge < -0.3 is 10.5 Å². The van der Waals surface area contributed by atoms with Crippen molar-refractivity contribution < 1.29 is 31.1 Å². The fraction of sp³-hybridized carbons (Fsp3) is 0.286. The maximum absolute atomic E-state index is 13.3. The Hall–Kier alpha value is -1.45. The molecule has 0 radical (unpaired) electrons. The van der Waals surface area contributed by atoms with Crippen LogP contribution in [-0.2, 0) is 12.4 Å². The van der Waals surface area contributed by atoms with Gasteiger partial charge in [-0.05, 0) is 34.5 Å². The van der Waals surface area contributed by atoms with E-state index < -0.39 is 40.8 Å². The maximum Gasteiger partial charge on any atom is 0.416 e. The predicted molar refractivity (Wildman–Crippen MR) is 80.6 cm³/mol. The lowest BCUT2D eigenvalue weighted by molar-refractivity contribution is -0.143. The molecule has 24 heavy (non-hydrogen) atoms. The van der Waals surface area contributed by atoms with E-state index in [1.807, 2.05) is 0 Å². The second-order valence-electron chi connectivity index (χ2n) is 4.67. The summed E-state index contributed by atoms with van der Waals surface area (Å²) in [6.07, 6.45) is -9.93. The van der Waals surface area contributed by atoms with Gasteiger partial charge in [-0.2, -0.15) is 37.7 Å². The van der Waals surface area contributed by atoms with E-state index in [2.05, 4.69) is 0 Å². The molecule has 0 spiro atoms. The first-order chi connectivity index (χ1) is 10.6. The van der Waals surface area contributed by atoms with E-state index in [9.17, 15) is 26.3 Å². The summed E-state index contributed by atoms with van der Waals surface area (Å²) in [5.74, 6) is -0.550. The monoisotopic (exact) mass is 391 g/mol. The van der Waals surface area contributed by atoms with Crippen molar-refractivity contribution in [2.45, 2.75) is 18.4 Å². The van der Waals surface area contributed by atoms with Crippen LogP contribution in [0, 0.1) is 0 Å². The highest BCUT2D eigenvalue weighted by Gasteiger charge is 2.41. The Kier molecular flexibility index (Phi) is 6.18. The first-order valence-electron chi connectivity index (χ1n) is 6.19. The molecule has 0 saturated heterocycles. The number of hydrogen-bond acceptors (Lipinski definition) is 3. The SMILES string of the molecule is COc1cc(C(F)(F)F)cc(C(F)(F)F)c1[C@@H](N)c1ccsc1.Cl. The van der Waals surface area contributed by atoms with E-state index in [0.29, 0.717) is 11.6 Å². The summed E-state index contributed by atoms with van der Waals surface area (Å²) in [5.41, 5.74) is 2.78. The number of nitrogens with two attached hydrogens (primary N) is 1. The van der Waals surface area contributed by atoms with Gasteiger partial charge in [0.05, 0.1) is 24.3 Å². The second kappa shape index (κ2) is 7.20. The third-order valence-corrected chi connectivity index (χ3v) is 3.91. The van der Waals surface area contributed by atoms with Gasteiger partial charge in [0.1, 0.15) is 5.75 Å². The standard InChI is InChI=1S/C14H11F6NOS.ClH/c1-22-10-5-8(13(15,16)17)4-9(14(18,19)20)11(10)12(21)7-2-3-23-6-7;/h2-6,12H,21H2,1H3;1H/t12-;/m0./s1. The van der Waals surface area contributed by atoms with Gasteiger partial charge in [-0.1, -0.05) is 0 Å². The topological polar surface area (TPSA) is 35.2 Å². The van der Waals surface area contributed by atoms with Gasteiger partial charge in [-0.3, -0.25) is 0 Å². The van der Waals surface area contributed by atoms with Gasteiger partial charge in [0.15, 0.2) is 0 Å². The van der Waals surface area contributed by atoms with E-state index in [4.69, 9.17) is 10.5 Å². The minimum atomic E-state index is -5.00. The molecule has 0 aliphatic rings. The molecule has 134 valence electrons. The zero-order valence-corrected chi connectivity index (χ0v) is 13.7. The normalized spacial score (nSPS) is 13.3. The fourth-order valence-electron chi connectivity index (χ4n) is 2.13. The van der Waals surface area contributed by atoms with Gasteiger partial charge in [-0.15, -0.1) is 12.4 Å². The minimum absolute atomic E-state index is 0. The molecular weight excluding hydrogens is 380 g/mol. The molecule has 0 amide bonds. The number of ether oxygens (including phenoxy) is 1. The second-order valence-corrected chi connectivity index (χ2v) is 5.45. The van der Waals surface area contributed by atoms with Crippen molar-refractivity contribution in [1.29, 1.82) is 0 Å². The lowest BCUT2D eigenvalue weighted by Gasteiger charge is -2.22. The van der Waals surface area contributed by atoms with Crippen molar-refractivity contribution in [2.75, 3.05) is 7.11 Å². The summed E-state index contributed by atoms with van der Waals surface area (Å²) >= 11 is 1.21. The van der Waals surface area contributed by atoms with E-state index in [1.165, 1.54) is 22.8 Å². The molecule has 0 aliphatic carbocycles. The molecule has 10 heteroatoms. The van der Waals surface area contributed by atoms with Crippen molar-refractivity contribution in [3.8, 4) is 5.75 Å². The first kappa shape index (κ1) is 20.6. The summed E-state index contributed by atoms with van der Waals surface area (Å²) in [5, 5.41) is 3.14. The van der Waals surface area contributed by atoms with Gasteiger partial charge >= 0.3 is 12.4 Å². The van der Waals surface area contributed by atoms with E-state index in [1.54, 1.807) is 5.38 Å². The number of benzene rings is 1. The molecular formula is C14H12ClF6NOS. The van der Waals surface area contributed by atoms with Crippen LogP contribution in [0.2, 0.25) is 0 Å². The van der Waals surface area contributed by atoms with Crippen molar-refractivity contribution in [3.63, 3.8) is 0 Å². The predicted octanol–water partition coefficient (Wildman–Crippen LogP) is 5.26. The van der Waals surface area contributed by atoms with E-state index >= 15 is 0 Å². The molecule has 2 N–H and O–H groups in total. The molecule has 1 aromatic heterocycles. The zero-order valence-electron chi connectivity index (χ0n) is 12.0. The Bertz CT molecular complexity index is 684. The number of halogens is 7. The highest BCUT2D eigenvalue weighted by Crippen LogP contribution is 2.44. The van der Waals surface area contributed by atoms with Gasteiger partial charge in [0.2, 0.25) is 0 Å². The molecule has 2 nitrogen and oxygen atoms in total. The van der Waals surface area contributed by atoms with Gasteiger partial charge in [-0.25, -0.2) is 0 Å². The lowest BCUT2D eigenvalue weighted by Crippen LogP contribution is -2.21. The number of rotatable bonds is 3. The third-order valence-electron chi connectivity index (χ3n) is 3.21. The number of methoxy groups -OCH3 is 1. The Labute approximate surface area is 143 Å². The molecule has 0 saturated carbocycles. The van der Waals surface area contributed by atoms with Crippen LogP contribution in [0.15, 0.2) is 29.0 Å². The van der Waals surface area contributed by atoms with Crippen LogP contribution in [0.1, 0.15) is 28.3 Å². The van der Waals surface area contributed by atoms with Crippen LogP contribution in [0.5, 0.6) is 5.75 Å². The highest BCUT2D eigenvalue weighted by molar-refractivity contribution is 7.08. The Morgan fingerprint density at radius 1 is 1.08 bits per heavy atom. The van der Waals surface area contributed by atoms with E-state index in [0.717, 1.165) is 7.11 Å².